The first-order chi connectivity index (χ1) is 12.2. The summed E-state index contributed by atoms with van der Waals surface area (Å²) in [6, 6.07) is 12.7. The normalized spacial score (nSPS) is 10.9. The minimum Gasteiger partial charge on any atom is -0.467 e. The molecule has 0 unspecified atom stereocenters. The molecule has 0 fully saturated rings. The summed E-state index contributed by atoms with van der Waals surface area (Å²) in [4.78, 5) is 21.1. The van der Waals surface area contributed by atoms with Crippen LogP contribution in [0.2, 0.25) is 0 Å². The molecule has 0 saturated heterocycles. The van der Waals surface area contributed by atoms with E-state index < -0.39 is 0 Å². The number of carbonyl (C=O) groups is 1. The topological polar surface area (TPSA) is 85.3 Å². The Bertz CT molecular complexity index is 1020. The first-order valence-electron chi connectivity index (χ1n) is 7.80. The number of aromatic nitrogens is 4. The Morgan fingerprint density at radius 3 is 2.88 bits per heavy atom. The third-order valence-corrected chi connectivity index (χ3v) is 3.77. The van der Waals surface area contributed by atoms with Gasteiger partial charge in [-0.3, -0.25) is 9.78 Å². The van der Waals surface area contributed by atoms with Gasteiger partial charge < -0.3 is 9.73 Å². The van der Waals surface area contributed by atoms with E-state index in [2.05, 4.69) is 20.4 Å². The van der Waals surface area contributed by atoms with Gasteiger partial charge in [-0.2, -0.15) is 5.10 Å². The Kier molecular flexibility index (Phi) is 3.74. The van der Waals surface area contributed by atoms with Crippen molar-refractivity contribution in [3.8, 4) is 11.4 Å². The van der Waals surface area contributed by atoms with Crippen molar-refractivity contribution in [2.24, 2.45) is 0 Å². The Hall–Kier alpha value is -3.48. The lowest BCUT2D eigenvalue weighted by molar-refractivity contribution is 0.0943. The number of hydrogen-bond acceptors (Lipinski definition) is 5. The number of hydrogen-bond donors (Lipinski definition) is 1. The number of pyridine rings is 1. The van der Waals surface area contributed by atoms with Crippen LogP contribution in [0.1, 0.15) is 21.9 Å². The minimum atomic E-state index is -0.261. The second-order valence-electron chi connectivity index (χ2n) is 5.56. The van der Waals surface area contributed by atoms with Crippen molar-refractivity contribution in [1.29, 1.82) is 0 Å². The maximum absolute atomic E-state index is 12.4. The quantitative estimate of drug-likeness (QED) is 0.620. The highest BCUT2D eigenvalue weighted by molar-refractivity contribution is 5.92. The third kappa shape index (κ3) is 2.99. The minimum absolute atomic E-state index is 0.261. The summed E-state index contributed by atoms with van der Waals surface area (Å²) in [6.45, 7) is 2.20. The molecule has 7 nitrogen and oxygen atoms in total. The monoisotopic (exact) mass is 333 g/mol. The molecule has 124 valence electrons. The summed E-state index contributed by atoms with van der Waals surface area (Å²) < 4.78 is 6.91. The van der Waals surface area contributed by atoms with Crippen LogP contribution in [0, 0.1) is 6.92 Å². The van der Waals surface area contributed by atoms with Crippen LogP contribution < -0.4 is 5.32 Å². The fraction of sp³-hybridized carbons (Fsp3) is 0.111. The number of carbonyl (C=O) groups excluding carboxylic acids is 1. The van der Waals surface area contributed by atoms with Crippen LogP contribution in [-0.2, 0) is 6.54 Å². The molecule has 0 aliphatic heterocycles. The first-order valence-corrected chi connectivity index (χ1v) is 7.80. The predicted molar refractivity (Wildman–Crippen MR) is 90.8 cm³/mol. The van der Waals surface area contributed by atoms with Gasteiger partial charge in [0.1, 0.15) is 17.1 Å². The fourth-order valence-corrected chi connectivity index (χ4v) is 2.55. The van der Waals surface area contributed by atoms with E-state index in [0.717, 1.165) is 11.4 Å². The Labute approximate surface area is 143 Å². The van der Waals surface area contributed by atoms with E-state index >= 15 is 0 Å². The van der Waals surface area contributed by atoms with E-state index in [0.29, 0.717) is 29.3 Å². The van der Waals surface area contributed by atoms with E-state index in [4.69, 9.17) is 4.42 Å². The maximum Gasteiger partial charge on any atom is 0.270 e. The highest BCUT2D eigenvalue weighted by Crippen LogP contribution is 2.18. The average molecular weight is 333 g/mol. The number of amides is 1. The molecular weight excluding hydrogens is 318 g/mol. The molecule has 0 radical (unpaired) electrons. The van der Waals surface area contributed by atoms with Crippen LogP contribution in [0.5, 0.6) is 0 Å². The van der Waals surface area contributed by atoms with E-state index in [1.807, 2.05) is 31.2 Å². The molecule has 0 saturated carbocycles. The standard InChI is InChI=1S/C18H15N5O2/c1-12-9-16(18(24)20-11-13-5-4-8-25-13)21-17-10-15(22-23(12)17)14-6-2-3-7-19-14/h2-10H,11H2,1H3,(H,20,24). The van der Waals surface area contributed by atoms with Crippen LogP contribution >= 0.6 is 0 Å². The van der Waals surface area contributed by atoms with Crippen molar-refractivity contribution in [3.05, 3.63) is 72.1 Å². The summed E-state index contributed by atoms with van der Waals surface area (Å²) in [6.07, 6.45) is 3.29. The van der Waals surface area contributed by atoms with Gasteiger partial charge in [0.25, 0.3) is 5.91 Å². The molecule has 4 aromatic heterocycles. The first kappa shape index (κ1) is 15.1. The van der Waals surface area contributed by atoms with Crippen molar-refractivity contribution < 1.29 is 9.21 Å². The summed E-state index contributed by atoms with van der Waals surface area (Å²) in [7, 11) is 0. The number of nitrogens with one attached hydrogen (secondary N) is 1. The average Bonchev–Trinajstić information content (AvgIpc) is 3.30. The number of furan rings is 1. The van der Waals surface area contributed by atoms with Gasteiger partial charge in [0, 0.05) is 18.0 Å². The second-order valence-corrected chi connectivity index (χ2v) is 5.56. The van der Waals surface area contributed by atoms with Gasteiger partial charge in [-0.1, -0.05) is 6.07 Å². The number of nitrogens with zero attached hydrogens (tertiary/aromatic N) is 4. The zero-order valence-electron chi connectivity index (χ0n) is 13.5. The highest BCUT2D eigenvalue weighted by atomic mass is 16.3. The smallest absolute Gasteiger partial charge is 0.270 e. The SMILES string of the molecule is Cc1cc(C(=O)NCc2ccco2)nc2cc(-c3ccccn3)nn12. The molecule has 0 atom stereocenters. The lowest BCUT2D eigenvalue weighted by Gasteiger charge is -2.05. The van der Waals surface area contributed by atoms with Crippen LogP contribution in [0.3, 0.4) is 0 Å². The number of rotatable bonds is 4. The molecule has 0 spiro atoms. The largest absolute Gasteiger partial charge is 0.467 e. The Morgan fingerprint density at radius 1 is 1.20 bits per heavy atom. The summed E-state index contributed by atoms with van der Waals surface area (Å²) in [5.74, 6) is 0.426. The summed E-state index contributed by atoms with van der Waals surface area (Å²) in [5.41, 5.74) is 3.23. The predicted octanol–water partition coefficient (Wildman–Crippen LogP) is 2.62. The number of aryl methyl sites for hydroxylation is 1. The molecule has 1 N–H and O–H groups in total. The molecule has 0 bridgehead atoms. The van der Waals surface area contributed by atoms with Crippen molar-refractivity contribution in [1.82, 2.24) is 24.9 Å². The Balaban J connectivity index is 1.63. The van der Waals surface area contributed by atoms with Crippen molar-refractivity contribution in [2.45, 2.75) is 13.5 Å². The van der Waals surface area contributed by atoms with Gasteiger partial charge in [0.2, 0.25) is 0 Å². The molecule has 1 amide bonds. The van der Waals surface area contributed by atoms with Crippen molar-refractivity contribution >= 4 is 11.6 Å². The van der Waals surface area contributed by atoms with E-state index in [1.165, 1.54) is 0 Å². The van der Waals surface area contributed by atoms with Crippen LogP contribution in [0.25, 0.3) is 17.0 Å². The molecule has 25 heavy (non-hydrogen) atoms. The molecule has 0 aromatic carbocycles. The van der Waals surface area contributed by atoms with E-state index in [1.54, 1.807) is 35.2 Å². The Morgan fingerprint density at radius 2 is 2.12 bits per heavy atom. The van der Waals surface area contributed by atoms with Gasteiger partial charge in [-0.05, 0) is 37.3 Å². The van der Waals surface area contributed by atoms with E-state index in [-0.39, 0.29) is 5.91 Å². The van der Waals surface area contributed by atoms with Gasteiger partial charge in [-0.15, -0.1) is 0 Å². The lowest BCUT2D eigenvalue weighted by atomic mass is 10.3. The van der Waals surface area contributed by atoms with E-state index in [9.17, 15) is 4.79 Å². The van der Waals surface area contributed by atoms with Gasteiger partial charge in [-0.25, -0.2) is 9.50 Å². The van der Waals surface area contributed by atoms with Gasteiger partial charge in [0.15, 0.2) is 5.65 Å². The van der Waals surface area contributed by atoms with Crippen LogP contribution in [-0.4, -0.2) is 25.5 Å². The molecular formula is C18H15N5O2. The van der Waals surface area contributed by atoms with Crippen molar-refractivity contribution in [2.75, 3.05) is 0 Å². The zero-order chi connectivity index (χ0) is 17.2. The fourth-order valence-electron chi connectivity index (χ4n) is 2.55. The molecule has 0 aliphatic rings. The molecule has 4 rings (SSSR count). The highest BCUT2D eigenvalue weighted by Gasteiger charge is 2.14. The lowest BCUT2D eigenvalue weighted by Crippen LogP contribution is -2.24. The van der Waals surface area contributed by atoms with Gasteiger partial charge >= 0.3 is 0 Å². The zero-order valence-corrected chi connectivity index (χ0v) is 13.5. The van der Waals surface area contributed by atoms with Crippen molar-refractivity contribution in [3.63, 3.8) is 0 Å². The summed E-state index contributed by atoms with van der Waals surface area (Å²) in [5, 5.41) is 7.31. The van der Waals surface area contributed by atoms with Crippen LogP contribution in [0.15, 0.2) is 59.3 Å². The molecule has 4 aromatic rings. The number of fused-ring (bicyclic) bond motifs is 1. The third-order valence-electron chi connectivity index (χ3n) is 3.77. The van der Waals surface area contributed by atoms with Crippen LogP contribution in [0.4, 0.5) is 0 Å². The molecule has 7 heteroatoms. The van der Waals surface area contributed by atoms with Gasteiger partial charge in [0.05, 0.1) is 18.5 Å². The molecule has 0 aliphatic carbocycles. The maximum atomic E-state index is 12.4. The summed E-state index contributed by atoms with van der Waals surface area (Å²) >= 11 is 0. The molecule has 4 heterocycles. The second kappa shape index (κ2) is 6.20.